The fourth-order valence-corrected chi connectivity index (χ4v) is 2.68. The van der Waals surface area contributed by atoms with Gasteiger partial charge < -0.3 is 19.6 Å². The molecule has 0 bridgehead atoms. The van der Waals surface area contributed by atoms with Crippen molar-refractivity contribution in [3.05, 3.63) is 52.6 Å². The van der Waals surface area contributed by atoms with Crippen LogP contribution in [0.4, 0.5) is 5.69 Å². The number of nitroso groups, excluding NO2 is 1. The van der Waals surface area contributed by atoms with Gasteiger partial charge >= 0.3 is 5.97 Å². The van der Waals surface area contributed by atoms with E-state index in [9.17, 15) is 9.70 Å². The Hall–Kier alpha value is -3.35. The molecule has 0 amide bonds. The molecule has 0 spiro atoms. The molecule has 7 nitrogen and oxygen atoms in total. The smallest absolute Gasteiger partial charge is 0.307 e. The van der Waals surface area contributed by atoms with E-state index in [1.54, 1.807) is 30.3 Å². The molecule has 0 unspecified atom stereocenters. The van der Waals surface area contributed by atoms with Crippen molar-refractivity contribution in [3.8, 4) is 17.2 Å². The van der Waals surface area contributed by atoms with Crippen LogP contribution >= 0.6 is 0 Å². The van der Waals surface area contributed by atoms with Crippen LogP contribution in [-0.4, -0.2) is 23.2 Å². The van der Waals surface area contributed by atoms with Crippen molar-refractivity contribution >= 4 is 22.6 Å². The van der Waals surface area contributed by atoms with Crippen molar-refractivity contribution < 1.29 is 19.4 Å². The average molecular weight is 340 g/mol. The lowest BCUT2D eigenvalue weighted by Gasteiger charge is -2.12. The number of hydrogen-bond acceptors (Lipinski definition) is 5. The number of benzene rings is 2. The molecule has 128 valence electrons. The van der Waals surface area contributed by atoms with Gasteiger partial charge in [0.25, 0.3) is 0 Å². The number of fused-ring (bicyclic) bond motifs is 1. The number of H-pyrrole nitrogens is 1. The van der Waals surface area contributed by atoms with E-state index in [2.05, 4.69) is 10.2 Å². The van der Waals surface area contributed by atoms with Crippen LogP contribution in [-0.2, 0) is 11.2 Å². The molecule has 2 N–H and O–H groups in total. The highest BCUT2D eigenvalue weighted by Gasteiger charge is 2.15. The number of aromatic nitrogens is 1. The van der Waals surface area contributed by atoms with Crippen LogP contribution in [0.15, 0.2) is 41.6 Å². The Kier molecular flexibility index (Phi) is 4.38. The lowest BCUT2D eigenvalue weighted by molar-refractivity contribution is -0.136. The van der Waals surface area contributed by atoms with Crippen LogP contribution in [0.1, 0.15) is 11.3 Å². The summed E-state index contributed by atoms with van der Waals surface area (Å²) in [6.07, 6.45) is -0.119. The molecular weight excluding hydrogens is 324 g/mol. The fourth-order valence-electron chi connectivity index (χ4n) is 2.68. The first-order valence-electron chi connectivity index (χ1n) is 7.54. The van der Waals surface area contributed by atoms with Gasteiger partial charge in [-0.2, -0.15) is 0 Å². The molecule has 0 saturated heterocycles. The topological polar surface area (TPSA) is 101 Å². The van der Waals surface area contributed by atoms with E-state index in [4.69, 9.17) is 14.6 Å². The van der Waals surface area contributed by atoms with Crippen molar-refractivity contribution in [1.29, 1.82) is 0 Å². The third-order valence-corrected chi connectivity index (χ3v) is 3.77. The number of aliphatic carboxylic acids is 1. The number of ether oxygens (including phenoxy) is 2. The summed E-state index contributed by atoms with van der Waals surface area (Å²) in [5.41, 5.74) is 2.48. The predicted molar refractivity (Wildman–Crippen MR) is 92.9 cm³/mol. The van der Waals surface area contributed by atoms with E-state index >= 15 is 0 Å². The Morgan fingerprint density at radius 2 is 1.92 bits per heavy atom. The van der Waals surface area contributed by atoms with Crippen LogP contribution in [0.3, 0.4) is 0 Å². The second-order valence-corrected chi connectivity index (χ2v) is 5.57. The number of carboxylic acids is 1. The van der Waals surface area contributed by atoms with Crippen molar-refractivity contribution in [2.75, 3.05) is 7.11 Å². The van der Waals surface area contributed by atoms with Gasteiger partial charge in [0.1, 0.15) is 0 Å². The van der Waals surface area contributed by atoms with Crippen LogP contribution in [0.5, 0.6) is 17.2 Å². The maximum absolute atomic E-state index is 11.3. The maximum atomic E-state index is 11.3. The summed E-state index contributed by atoms with van der Waals surface area (Å²) in [5, 5.41) is 12.7. The van der Waals surface area contributed by atoms with Gasteiger partial charge in [-0.1, -0.05) is 6.07 Å². The zero-order chi connectivity index (χ0) is 18.0. The van der Waals surface area contributed by atoms with Crippen LogP contribution < -0.4 is 9.47 Å². The largest absolute Gasteiger partial charge is 0.493 e. The van der Waals surface area contributed by atoms with Crippen molar-refractivity contribution in [3.63, 3.8) is 0 Å². The number of carbonyl (C=O) groups is 1. The van der Waals surface area contributed by atoms with Crippen LogP contribution in [0.2, 0.25) is 0 Å². The summed E-state index contributed by atoms with van der Waals surface area (Å²) in [5.74, 6) is 0.108. The molecule has 7 heteroatoms. The molecule has 1 heterocycles. The summed E-state index contributed by atoms with van der Waals surface area (Å²) < 4.78 is 11.1. The monoisotopic (exact) mass is 340 g/mol. The highest BCUT2D eigenvalue weighted by Crippen LogP contribution is 2.41. The number of nitrogens with zero attached hydrogens (tertiary/aromatic N) is 1. The Morgan fingerprint density at radius 1 is 1.16 bits per heavy atom. The number of rotatable bonds is 6. The van der Waals surface area contributed by atoms with Crippen LogP contribution in [0, 0.1) is 11.8 Å². The molecule has 25 heavy (non-hydrogen) atoms. The normalized spacial score (nSPS) is 10.6. The van der Waals surface area contributed by atoms with Gasteiger partial charge in [-0.25, -0.2) is 0 Å². The summed E-state index contributed by atoms with van der Waals surface area (Å²) in [6.45, 7) is 1.89. The van der Waals surface area contributed by atoms with E-state index in [1.165, 1.54) is 7.11 Å². The van der Waals surface area contributed by atoms with Crippen molar-refractivity contribution in [1.82, 2.24) is 4.98 Å². The van der Waals surface area contributed by atoms with E-state index < -0.39 is 5.97 Å². The molecule has 0 aliphatic heterocycles. The van der Waals surface area contributed by atoms with Gasteiger partial charge in [0, 0.05) is 16.6 Å². The van der Waals surface area contributed by atoms with E-state index in [0.29, 0.717) is 28.2 Å². The molecule has 0 atom stereocenters. The lowest BCUT2D eigenvalue weighted by Crippen LogP contribution is -2.00. The molecule has 0 radical (unpaired) electrons. The first kappa shape index (κ1) is 16.5. The quantitative estimate of drug-likeness (QED) is 0.651. The summed E-state index contributed by atoms with van der Waals surface area (Å²) >= 11 is 0. The summed E-state index contributed by atoms with van der Waals surface area (Å²) in [6, 6.07) is 10.1. The van der Waals surface area contributed by atoms with Gasteiger partial charge in [-0.05, 0) is 48.0 Å². The minimum atomic E-state index is -0.934. The van der Waals surface area contributed by atoms with Gasteiger partial charge in [-0.15, -0.1) is 4.91 Å². The Morgan fingerprint density at radius 3 is 2.60 bits per heavy atom. The second-order valence-electron chi connectivity index (χ2n) is 5.57. The lowest BCUT2D eigenvalue weighted by atomic mass is 10.1. The maximum Gasteiger partial charge on any atom is 0.307 e. The van der Waals surface area contributed by atoms with E-state index in [1.807, 2.05) is 13.0 Å². The minimum Gasteiger partial charge on any atom is -0.493 e. The molecule has 0 aliphatic carbocycles. The van der Waals surface area contributed by atoms with E-state index in [-0.39, 0.29) is 12.1 Å². The molecule has 3 aromatic rings. The molecule has 0 aliphatic rings. The van der Waals surface area contributed by atoms with Crippen LogP contribution in [0.25, 0.3) is 10.9 Å². The first-order valence-corrected chi connectivity index (χ1v) is 7.54. The van der Waals surface area contributed by atoms with Gasteiger partial charge in [0.2, 0.25) is 0 Å². The number of aromatic amines is 1. The Balaban J connectivity index is 2.00. The van der Waals surface area contributed by atoms with E-state index in [0.717, 1.165) is 11.2 Å². The van der Waals surface area contributed by atoms with Crippen molar-refractivity contribution in [2.24, 2.45) is 5.18 Å². The zero-order valence-electron chi connectivity index (χ0n) is 13.7. The summed E-state index contributed by atoms with van der Waals surface area (Å²) in [7, 11) is 1.46. The van der Waals surface area contributed by atoms with Crippen molar-refractivity contribution in [2.45, 2.75) is 13.3 Å². The number of hydrogen-bond donors (Lipinski definition) is 2. The minimum absolute atomic E-state index is 0.119. The van der Waals surface area contributed by atoms with Gasteiger partial charge in [0.15, 0.2) is 22.9 Å². The predicted octanol–water partition coefficient (Wildman–Crippen LogP) is 4.30. The zero-order valence-corrected chi connectivity index (χ0v) is 13.7. The first-order chi connectivity index (χ1) is 12.0. The highest BCUT2D eigenvalue weighted by molar-refractivity contribution is 5.94. The second kappa shape index (κ2) is 6.64. The summed E-state index contributed by atoms with van der Waals surface area (Å²) in [4.78, 5) is 25.3. The van der Waals surface area contributed by atoms with Gasteiger partial charge in [-0.3, -0.25) is 4.79 Å². The van der Waals surface area contributed by atoms with Gasteiger partial charge in [0.05, 0.1) is 13.5 Å². The fraction of sp³-hybridized carbons (Fsp3) is 0.167. The average Bonchev–Trinajstić information content (AvgIpc) is 2.95. The SMILES string of the molecule is COc1cc(CC(=O)O)ccc1Oc1ccc2[nH]c(C)cc2c1N=O. The molecule has 1 aromatic heterocycles. The molecular formula is C18H16N2O5. The highest BCUT2D eigenvalue weighted by atomic mass is 16.5. The molecule has 0 fully saturated rings. The molecule has 3 rings (SSSR count). The standard InChI is InChI=1S/C18H16N2O5/c1-10-7-12-13(19-10)4-6-15(18(12)20-23)25-14-5-3-11(9-17(21)22)8-16(14)24-2/h3-8,19H,9H2,1-2H3,(H,21,22). The number of carboxylic acid groups (broad SMARTS) is 1. The Labute approximate surface area is 143 Å². The molecule has 2 aromatic carbocycles. The number of nitrogens with one attached hydrogen (secondary N) is 1. The molecule has 0 saturated carbocycles. The Bertz CT molecular complexity index is 961. The number of methoxy groups -OCH3 is 1. The number of aryl methyl sites for hydroxylation is 1. The third kappa shape index (κ3) is 3.30. The third-order valence-electron chi connectivity index (χ3n) is 3.77.